The van der Waals surface area contributed by atoms with Gasteiger partial charge in [0.05, 0.1) is 10.6 Å². The van der Waals surface area contributed by atoms with Crippen molar-refractivity contribution < 1.29 is 17.6 Å². The maximum Gasteiger partial charge on any atom is 0.287 e. The first-order valence-corrected chi connectivity index (χ1v) is 10.2. The minimum absolute atomic E-state index is 0.0642. The van der Waals surface area contributed by atoms with Crippen LogP contribution >= 0.6 is 0 Å². The van der Waals surface area contributed by atoms with Crippen molar-refractivity contribution in [2.75, 3.05) is 0 Å². The van der Waals surface area contributed by atoms with E-state index in [1.807, 2.05) is 18.2 Å². The van der Waals surface area contributed by atoms with Gasteiger partial charge in [-0.1, -0.05) is 30.3 Å². The van der Waals surface area contributed by atoms with E-state index in [4.69, 9.17) is 4.42 Å². The number of carbonyl (C=O) groups is 1. The molecule has 1 fully saturated rings. The number of aryl methyl sites for hydroxylation is 1. The fraction of sp³-hybridized carbons (Fsp3) is 0.250. The van der Waals surface area contributed by atoms with Gasteiger partial charge in [0, 0.05) is 17.0 Å². The van der Waals surface area contributed by atoms with E-state index in [0.29, 0.717) is 16.5 Å². The van der Waals surface area contributed by atoms with Crippen molar-refractivity contribution in [1.29, 1.82) is 0 Å². The van der Waals surface area contributed by atoms with Crippen LogP contribution < -0.4 is 5.32 Å². The smallest absolute Gasteiger partial charge is 0.287 e. The molecule has 26 heavy (non-hydrogen) atoms. The average molecular weight is 369 g/mol. The highest BCUT2D eigenvalue weighted by atomic mass is 32.2. The maximum absolute atomic E-state index is 12.7. The van der Waals surface area contributed by atoms with E-state index in [9.17, 15) is 13.2 Å². The van der Waals surface area contributed by atoms with Crippen LogP contribution in [0.5, 0.6) is 0 Å². The summed E-state index contributed by atoms with van der Waals surface area (Å²) in [6.07, 6.45) is 1.99. The lowest BCUT2D eigenvalue weighted by atomic mass is 10.1. The average Bonchev–Trinajstić information content (AvgIpc) is 3.37. The summed E-state index contributed by atoms with van der Waals surface area (Å²) in [6.45, 7) is 1.78. The first-order valence-electron chi connectivity index (χ1n) is 8.55. The Hall–Kier alpha value is -2.60. The fourth-order valence-electron chi connectivity index (χ4n) is 2.97. The number of fused-ring (bicyclic) bond motifs is 1. The van der Waals surface area contributed by atoms with Crippen LogP contribution in [0.15, 0.2) is 57.8 Å². The number of hydrogen-bond acceptors (Lipinski definition) is 4. The Balaban J connectivity index is 1.68. The van der Waals surface area contributed by atoms with Gasteiger partial charge < -0.3 is 9.73 Å². The molecule has 1 N–H and O–H groups in total. The Bertz CT molecular complexity index is 1080. The third-order valence-corrected chi connectivity index (χ3v) is 6.27. The van der Waals surface area contributed by atoms with E-state index in [-0.39, 0.29) is 28.4 Å². The predicted molar refractivity (Wildman–Crippen MR) is 98.8 cm³/mol. The summed E-state index contributed by atoms with van der Waals surface area (Å²) in [4.78, 5) is 12.5. The number of furan rings is 1. The van der Waals surface area contributed by atoms with Gasteiger partial charge in [0.15, 0.2) is 15.6 Å². The van der Waals surface area contributed by atoms with Crippen LogP contribution in [-0.4, -0.2) is 20.4 Å². The molecule has 3 aromatic rings. The third-order valence-electron chi connectivity index (χ3n) is 4.59. The van der Waals surface area contributed by atoms with Crippen molar-refractivity contribution >= 4 is 26.7 Å². The van der Waals surface area contributed by atoms with Crippen LogP contribution in [0, 0.1) is 6.92 Å². The molecule has 0 radical (unpaired) electrons. The third kappa shape index (κ3) is 3.24. The summed E-state index contributed by atoms with van der Waals surface area (Å²) < 4.78 is 31.2. The quantitative estimate of drug-likeness (QED) is 0.745. The van der Waals surface area contributed by atoms with Crippen molar-refractivity contribution in [1.82, 2.24) is 5.32 Å². The molecule has 0 spiro atoms. The molecular formula is C20H19NO4S. The summed E-state index contributed by atoms with van der Waals surface area (Å²) >= 11 is 0. The first kappa shape index (κ1) is 16.8. The predicted octanol–water partition coefficient (Wildman–Crippen LogP) is 3.61. The molecule has 0 unspecified atom stereocenters. The zero-order valence-electron chi connectivity index (χ0n) is 14.4. The molecule has 134 valence electrons. The van der Waals surface area contributed by atoms with Crippen molar-refractivity contribution in [2.24, 2.45) is 0 Å². The minimum atomic E-state index is -3.48. The molecule has 6 heteroatoms. The summed E-state index contributed by atoms with van der Waals surface area (Å²) in [5, 5.41) is 3.55. The molecule has 1 aliphatic carbocycles. The van der Waals surface area contributed by atoms with E-state index in [2.05, 4.69) is 5.32 Å². The molecule has 2 aromatic carbocycles. The van der Waals surface area contributed by atoms with Crippen LogP contribution in [0.25, 0.3) is 11.0 Å². The van der Waals surface area contributed by atoms with Gasteiger partial charge in [0.2, 0.25) is 0 Å². The molecule has 0 saturated heterocycles. The Kier molecular flexibility index (Phi) is 4.07. The van der Waals surface area contributed by atoms with Crippen LogP contribution in [0.2, 0.25) is 0 Å². The lowest BCUT2D eigenvalue weighted by Crippen LogP contribution is -2.25. The van der Waals surface area contributed by atoms with Crippen LogP contribution in [-0.2, 0) is 15.6 Å². The second-order valence-electron chi connectivity index (χ2n) is 6.71. The molecule has 1 saturated carbocycles. The van der Waals surface area contributed by atoms with Gasteiger partial charge >= 0.3 is 0 Å². The minimum Gasteiger partial charge on any atom is -0.451 e. The number of nitrogens with one attached hydrogen (secondary N) is 1. The van der Waals surface area contributed by atoms with E-state index in [1.165, 1.54) is 6.07 Å². The molecule has 0 atom stereocenters. The summed E-state index contributed by atoms with van der Waals surface area (Å²) in [6, 6.07) is 14.1. The van der Waals surface area contributed by atoms with E-state index >= 15 is 0 Å². The van der Waals surface area contributed by atoms with Gasteiger partial charge in [0.1, 0.15) is 5.58 Å². The van der Waals surface area contributed by atoms with Gasteiger partial charge in [-0.25, -0.2) is 8.42 Å². The Morgan fingerprint density at radius 3 is 2.58 bits per heavy atom. The first-order chi connectivity index (χ1) is 12.4. The SMILES string of the molecule is Cc1c(C(=O)NC2CC2)oc2ccc(S(=O)(=O)Cc3ccccc3)cc12. The molecule has 0 aliphatic heterocycles. The van der Waals surface area contributed by atoms with Crippen LogP contribution in [0.4, 0.5) is 0 Å². The van der Waals surface area contributed by atoms with Crippen molar-refractivity contribution in [3.8, 4) is 0 Å². The van der Waals surface area contributed by atoms with E-state index in [1.54, 1.807) is 31.2 Å². The number of carbonyl (C=O) groups excluding carboxylic acids is 1. The Labute approximate surface area is 151 Å². The van der Waals surface area contributed by atoms with Gasteiger partial charge in [-0.3, -0.25) is 4.79 Å². The topological polar surface area (TPSA) is 76.4 Å². The number of benzene rings is 2. The molecule has 0 bridgehead atoms. The summed E-state index contributed by atoms with van der Waals surface area (Å²) in [5.41, 5.74) is 1.91. The highest BCUT2D eigenvalue weighted by molar-refractivity contribution is 7.90. The molecule has 1 aliphatic rings. The van der Waals surface area contributed by atoms with Crippen LogP contribution in [0.1, 0.15) is 34.5 Å². The number of sulfone groups is 1. The second-order valence-corrected chi connectivity index (χ2v) is 8.70. The lowest BCUT2D eigenvalue weighted by molar-refractivity contribution is 0.0924. The zero-order chi connectivity index (χ0) is 18.3. The van der Waals surface area contributed by atoms with Crippen molar-refractivity contribution in [2.45, 2.75) is 36.5 Å². The monoisotopic (exact) mass is 369 g/mol. The summed E-state index contributed by atoms with van der Waals surface area (Å²) in [7, 11) is -3.48. The number of amides is 1. The van der Waals surface area contributed by atoms with Gasteiger partial charge in [-0.15, -0.1) is 0 Å². The van der Waals surface area contributed by atoms with Gasteiger partial charge in [-0.05, 0) is 43.5 Å². The fourth-order valence-corrected chi connectivity index (χ4v) is 4.34. The van der Waals surface area contributed by atoms with E-state index < -0.39 is 9.84 Å². The number of hydrogen-bond donors (Lipinski definition) is 1. The molecule has 4 rings (SSSR count). The molecular weight excluding hydrogens is 350 g/mol. The van der Waals surface area contributed by atoms with Gasteiger partial charge in [-0.2, -0.15) is 0 Å². The highest BCUT2D eigenvalue weighted by Gasteiger charge is 2.27. The van der Waals surface area contributed by atoms with Crippen molar-refractivity contribution in [3.63, 3.8) is 0 Å². The van der Waals surface area contributed by atoms with E-state index in [0.717, 1.165) is 18.4 Å². The normalized spacial score (nSPS) is 14.5. The van der Waals surface area contributed by atoms with Crippen molar-refractivity contribution in [3.05, 3.63) is 65.4 Å². The number of rotatable bonds is 5. The Morgan fingerprint density at radius 1 is 1.15 bits per heavy atom. The maximum atomic E-state index is 12.7. The Morgan fingerprint density at radius 2 is 1.88 bits per heavy atom. The zero-order valence-corrected chi connectivity index (χ0v) is 15.2. The standard InChI is InChI=1S/C20H19NO4S/c1-13-17-11-16(26(23,24)12-14-5-3-2-4-6-14)9-10-18(17)25-19(13)20(22)21-15-7-8-15/h2-6,9-11,15H,7-8,12H2,1H3,(H,21,22). The van der Waals surface area contributed by atoms with Crippen LogP contribution in [0.3, 0.4) is 0 Å². The largest absolute Gasteiger partial charge is 0.451 e. The second kappa shape index (κ2) is 6.29. The highest BCUT2D eigenvalue weighted by Crippen LogP contribution is 2.29. The van der Waals surface area contributed by atoms with Gasteiger partial charge in [0.25, 0.3) is 5.91 Å². The molecule has 1 aromatic heterocycles. The molecule has 1 amide bonds. The molecule has 5 nitrogen and oxygen atoms in total. The lowest BCUT2D eigenvalue weighted by Gasteiger charge is -2.05. The molecule has 1 heterocycles. The summed E-state index contributed by atoms with van der Waals surface area (Å²) in [5.74, 6) is -0.0509.